The smallest absolute Gasteiger partial charge is 0.0474 e. The zero-order valence-corrected chi connectivity index (χ0v) is 8.93. The van der Waals surface area contributed by atoms with Crippen molar-refractivity contribution in [1.29, 1.82) is 0 Å². The summed E-state index contributed by atoms with van der Waals surface area (Å²) in [7, 11) is 0. The van der Waals surface area contributed by atoms with Gasteiger partial charge in [0, 0.05) is 18.1 Å². The predicted octanol–water partition coefficient (Wildman–Crippen LogP) is 3.49. The quantitative estimate of drug-likeness (QED) is 0.729. The molecule has 1 N–H and O–H groups in total. The normalized spacial score (nSPS) is 10.5. The summed E-state index contributed by atoms with van der Waals surface area (Å²) in [4.78, 5) is 0. The maximum Gasteiger partial charge on any atom is 0.0474 e. The van der Waals surface area contributed by atoms with E-state index in [0.717, 1.165) is 12.1 Å². The standard InChI is InChI=1S/C11H16ClN/c1-9(2)8-13-11-5-3-10(7-12)4-6-11/h3-6,9,13H,7-8H2,1-2H3. The van der Waals surface area contributed by atoms with Gasteiger partial charge >= 0.3 is 0 Å². The lowest BCUT2D eigenvalue weighted by atomic mass is 10.2. The van der Waals surface area contributed by atoms with Crippen LogP contribution in [0.2, 0.25) is 0 Å². The second kappa shape index (κ2) is 5.13. The van der Waals surface area contributed by atoms with E-state index in [-0.39, 0.29) is 0 Å². The molecule has 1 aromatic carbocycles. The first-order valence-corrected chi connectivity index (χ1v) is 5.14. The Labute approximate surface area is 85.1 Å². The van der Waals surface area contributed by atoms with Gasteiger partial charge in [0.2, 0.25) is 0 Å². The van der Waals surface area contributed by atoms with Gasteiger partial charge in [0.25, 0.3) is 0 Å². The first-order chi connectivity index (χ1) is 6.22. The van der Waals surface area contributed by atoms with Gasteiger partial charge in [-0.3, -0.25) is 0 Å². The van der Waals surface area contributed by atoms with Crippen molar-refractivity contribution in [3.63, 3.8) is 0 Å². The molecule has 0 saturated carbocycles. The van der Waals surface area contributed by atoms with Gasteiger partial charge in [-0.05, 0) is 23.6 Å². The minimum Gasteiger partial charge on any atom is -0.385 e. The molecule has 0 radical (unpaired) electrons. The van der Waals surface area contributed by atoms with E-state index in [1.807, 2.05) is 0 Å². The lowest BCUT2D eigenvalue weighted by Crippen LogP contribution is -2.07. The number of alkyl halides is 1. The van der Waals surface area contributed by atoms with Crippen LogP contribution in [-0.2, 0) is 5.88 Å². The Balaban J connectivity index is 2.49. The van der Waals surface area contributed by atoms with E-state index >= 15 is 0 Å². The molecule has 1 nitrogen and oxygen atoms in total. The fourth-order valence-corrected chi connectivity index (χ4v) is 1.21. The van der Waals surface area contributed by atoms with E-state index in [9.17, 15) is 0 Å². The van der Waals surface area contributed by atoms with Crippen LogP contribution in [0, 0.1) is 5.92 Å². The highest BCUT2D eigenvalue weighted by Crippen LogP contribution is 2.11. The summed E-state index contributed by atoms with van der Waals surface area (Å²) in [6, 6.07) is 8.24. The fourth-order valence-electron chi connectivity index (χ4n) is 1.03. The molecule has 0 unspecified atom stereocenters. The zero-order valence-electron chi connectivity index (χ0n) is 8.18. The minimum absolute atomic E-state index is 0.588. The van der Waals surface area contributed by atoms with E-state index in [1.165, 1.54) is 5.69 Å². The van der Waals surface area contributed by atoms with Crippen molar-refractivity contribution in [2.75, 3.05) is 11.9 Å². The third kappa shape index (κ3) is 3.69. The van der Waals surface area contributed by atoms with Crippen LogP contribution in [0.25, 0.3) is 0 Å². The molecule has 0 aromatic heterocycles. The molecule has 0 bridgehead atoms. The van der Waals surface area contributed by atoms with E-state index in [0.29, 0.717) is 11.8 Å². The predicted molar refractivity (Wildman–Crippen MR) is 59.3 cm³/mol. The Hall–Kier alpha value is -0.690. The van der Waals surface area contributed by atoms with E-state index in [1.54, 1.807) is 0 Å². The highest BCUT2D eigenvalue weighted by molar-refractivity contribution is 6.17. The lowest BCUT2D eigenvalue weighted by Gasteiger charge is -2.08. The van der Waals surface area contributed by atoms with E-state index in [4.69, 9.17) is 11.6 Å². The summed E-state index contributed by atoms with van der Waals surface area (Å²) in [5, 5.41) is 3.35. The molecular weight excluding hydrogens is 182 g/mol. The van der Waals surface area contributed by atoms with Gasteiger partial charge in [-0.2, -0.15) is 0 Å². The molecule has 1 rings (SSSR count). The first-order valence-electron chi connectivity index (χ1n) is 4.61. The highest BCUT2D eigenvalue weighted by Gasteiger charge is 1.94. The molecule has 0 fully saturated rings. The van der Waals surface area contributed by atoms with Crippen LogP contribution in [0.15, 0.2) is 24.3 Å². The molecule has 0 aliphatic heterocycles. The van der Waals surface area contributed by atoms with E-state index < -0.39 is 0 Å². The van der Waals surface area contributed by atoms with Crippen LogP contribution >= 0.6 is 11.6 Å². The first kappa shape index (κ1) is 10.4. The summed E-state index contributed by atoms with van der Waals surface area (Å²) in [6.45, 7) is 5.40. The van der Waals surface area contributed by atoms with Gasteiger partial charge in [0.05, 0.1) is 0 Å². The van der Waals surface area contributed by atoms with Crippen molar-refractivity contribution >= 4 is 17.3 Å². The number of nitrogens with one attached hydrogen (secondary N) is 1. The van der Waals surface area contributed by atoms with Crippen LogP contribution in [0.5, 0.6) is 0 Å². The van der Waals surface area contributed by atoms with Gasteiger partial charge in [-0.25, -0.2) is 0 Å². The van der Waals surface area contributed by atoms with Crippen molar-refractivity contribution in [3.8, 4) is 0 Å². The minimum atomic E-state index is 0.588. The topological polar surface area (TPSA) is 12.0 Å². The zero-order chi connectivity index (χ0) is 9.68. The molecule has 1 aromatic rings. The van der Waals surface area contributed by atoms with Crippen molar-refractivity contribution in [1.82, 2.24) is 0 Å². The molecule has 0 spiro atoms. The average Bonchev–Trinajstić information content (AvgIpc) is 2.15. The second-order valence-electron chi connectivity index (χ2n) is 3.61. The van der Waals surface area contributed by atoms with Crippen LogP contribution in [-0.4, -0.2) is 6.54 Å². The lowest BCUT2D eigenvalue weighted by molar-refractivity contribution is 0.689. The summed E-state index contributed by atoms with van der Waals surface area (Å²) >= 11 is 5.69. The van der Waals surface area contributed by atoms with Crippen LogP contribution < -0.4 is 5.32 Å². The molecule has 0 aliphatic carbocycles. The SMILES string of the molecule is CC(C)CNc1ccc(CCl)cc1. The molecule has 0 saturated heterocycles. The van der Waals surface area contributed by atoms with Gasteiger partial charge in [-0.15, -0.1) is 11.6 Å². The fraction of sp³-hybridized carbons (Fsp3) is 0.455. The van der Waals surface area contributed by atoms with E-state index in [2.05, 4.69) is 43.4 Å². The molecule has 0 atom stereocenters. The Kier molecular flexibility index (Phi) is 4.10. The van der Waals surface area contributed by atoms with Gasteiger partial charge in [-0.1, -0.05) is 26.0 Å². The molecule has 0 amide bonds. The summed E-state index contributed by atoms with van der Waals surface area (Å²) in [6.07, 6.45) is 0. The highest BCUT2D eigenvalue weighted by atomic mass is 35.5. The molecule has 13 heavy (non-hydrogen) atoms. The molecular formula is C11H16ClN. The molecule has 0 heterocycles. The summed E-state index contributed by atoms with van der Waals surface area (Å²) in [5.74, 6) is 1.26. The Bertz CT molecular complexity index is 241. The average molecular weight is 198 g/mol. The van der Waals surface area contributed by atoms with Crippen LogP contribution in [0.4, 0.5) is 5.69 Å². The summed E-state index contributed by atoms with van der Waals surface area (Å²) < 4.78 is 0. The molecule has 0 aliphatic rings. The number of rotatable bonds is 4. The number of benzene rings is 1. The maximum absolute atomic E-state index is 5.69. The largest absolute Gasteiger partial charge is 0.385 e. The van der Waals surface area contributed by atoms with Crippen molar-refractivity contribution < 1.29 is 0 Å². The summed E-state index contributed by atoms with van der Waals surface area (Å²) in [5.41, 5.74) is 2.33. The number of anilines is 1. The van der Waals surface area contributed by atoms with Gasteiger partial charge in [0.15, 0.2) is 0 Å². The maximum atomic E-state index is 5.69. The monoisotopic (exact) mass is 197 g/mol. The number of hydrogen-bond donors (Lipinski definition) is 1. The Morgan fingerprint density at radius 2 is 1.85 bits per heavy atom. The molecule has 72 valence electrons. The van der Waals surface area contributed by atoms with Crippen LogP contribution in [0.3, 0.4) is 0 Å². The number of hydrogen-bond acceptors (Lipinski definition) is 1. The number of halogens is 1. The van der Waals surface area contributed by atoms with Gasteiger partial charge < -0.3 is 5.32 Å². The Morgan fingerprint density at radius 1 is 1.23 bits per heavy atom. The second-order valence-corrected chi connectivity index (χ2v) is 3.87. The van der Waals surface area contributed by atoms with Crippen molar-refractivity contribution in [2.45, 2.75) is 19.7 Å². The molecule has 2 heteroatoms. The third-order valence-electron chi connectivity index (χ3n) is 1.82. The Morgan fingerprint density at radius 3 is 2.31 bits per heavy atom. The third-order valence-corrected chi connectivity index (χ3v) is 2.13. The van der Waals surface area contributed by atoms with Crippen LogP contribution in [0.1, 0.15) is 19.4 Å². The van der Waals surface area contributed by atoms with Crippen molar-refractivity contribution in [3.05, 3.63) is 29.8 Å². The van der Waals surface area contributed by atoms with Crippen molar-refractivity contribution in [2.24, 2.45) is 5.92 Å². The van der Waals surface area contributed by atoms with Gasteiger partial charge in [0.1, 0.15) is 0 Å².